The molecule has 0 spiro atoms. The number of anilines is 1. The van der Waals surface area contributed by atoms with Gasteiger partial charge in [0.05, 0.1) is 6.04 Å². The summed E-state index contributed by atoms with van der Waals surface area (Å²) in [4.78, 5) is 25.2. The largest absolute Gasteiger partial charge is 0.508 e. The fraction of sp³-hybridized carbons (Fsp3) is 0.367. The number of likely N-dealkylation sites (tertiary alicyclic amines) is 1. The van der Waals surface area contributed by atoms with E-state index in [2.05, 4.69) is 15.2 Å². The Bertz CT molecular complexity index is 1600. The molecule has 3 aromatic carbocycles. The number of benzene rings is 3. The number of aromatic nitrogens is 2. The summed E-state index contributed by atoms with van der Waals surface area (Å²) in [7, 11) is 1.78. The van der Waals surface area contributed by atoms with Gasteiger partial charge in [-0.05, 0) is 53.8 Å². The molecule has 4 aromatic rings. The zero-order valence-electron chi connectivity index (χ0n) is 21.7. The maximum atomic E-state index is 16.5. The summed E-state index contributed by atoms with van der Waals surface area (Å²) < 4.78 is 22.5. The number of hydrogen-bond acceptors (Lipinski definition) is 7. The van der Waals surface area contributed by atoms with Crippen molar-refractivity contribution in [3.63, 3.8) is 0 Å². The van der Waals surface area contributed by atoms with Crippen LogP contribution in [0.5, 0.6) is 11.8 Å². The Hall–Kier alpha value is -3.98. The van der Waals surface area contributed by atoms with Gasteiger partial charge in [-0.25, -0.2) is 4.39 Å². The SMILES string of the molecule is CN1C(=O)CCC1COc1nc(N2C[C@H]3CC[C@@H](C2)N3)c2ccc(-c3cc(O)cc4ccccc34)c(F)c2n1. The van der Waals surface area contributed by atoms with E-state index < -0.39 is 5.82 Å². The number of ether oxygens (including phenoxy) is 1. The summed E-state index contributed by atoms with van der Waals surface area (Å²) in [5.41, 5.74) is 1.13. The quantitative estimate of drug-likeness (QED) is 0.401. The normalized spacial score (nSPS) is 22.8. The van der Waals surface area contributed by atoms with Gasteiger partial charge in [0.15, 0.2) is 5.82 Å². The van der Waals surface area contributed by atoms with Crippen LogP contribution in [-0.4, -0.2) is 70.8 Å². The second kappa shape index (κ2) is 9.34. The lowest BCUT2D eigenvalue weighted by molar-refractivity contribution is -0.127. The van der Waals surface area contributed by atoms with E-state index in [4.69, 9.17) is 9.72 Å². The molecule has 4 heterocycles. The van der Waals surface area contributed by atoms with Gasteiger partial charge in [-0.2, -0.15) is 9.97 Å². The molecule has 0 aliphatic carbocycles. The third kappa shape index (κ3) is 4.21. The molecule has 1 unspecified atom stereocenters. The number of carbonyl (C=O) groups is 1. The molecule has 2 N–H and O–H groups in total. The van der Waals surface area contributed by atoms with Crippen molar-refractivity contribution in [3.05, 3.63) is 54.3 Å². The van der Waals surface area contributed by atoms with E-state index in [1.807, 2.05) is 30.3 Å². The van der Waals surface area contributed by atoms with Crippen molar-refractivity contribution in [3.8, 4) is 22.9 Å². The fourth-order valence-electron chi connectivity index (χ4n) is 6.36. The number of halogens is 1. The molecule has 3 aliphatic rings. The number of phenolic OH excluding ortho intramolecular Hbond substituents is 1. The van der Waals surface area contributed by atoms with Crippen LogP contribution >= 0.6 is 0 Å². The molecular formula is C30H30FN5O3. The zero-order chi connectivity index (χ0) is 26.7. The first-order chi connectivity index (χ1) is 18.9. The van der Waals surface area contributed by atoms with Crippen molar-refractivity contribution < 1.29 is 19.0 Å². The van der Waals surface area contributed by atoms with E-state index in [0.29, 0.717) is 47.3 Å². The first-order valence-corrected chi connectivity index (χ1v) is 13.6. The zero-order valence-corrected chi connectivity index (χ0v) is 21.7. The van der Waals surface area contributed by atoms with Crippen LogP contribution in [0, 0.1) is 5.82 Å². The van der Waals surface area contributed by atoms with Crippen LogP contribution in [0.3, 0.4) is 0 Å². The highest BCUT2D eigenvalue weighted by Crippen LogP contribution is 2.39. The molecule has 0 radical (unpaired) electrons. The highest BCUT2D eigenvalue weighted by molar-refractivity contribution is 6.01. The van der Waals surface area contributed by atoms with Gasteiger partial charge in [-0.1, -0.05) is 30.3 Å². The minimum atomic E-state index is -0.483. The average Bonchev–Trinajstić information content (AvgIpc) is 3.45. The first kappa shape index (κ1) is 24.1. The Labute approximate surface area is 225 Å². The molecule has 3 saturated heterocycles. The molecule has 1 aromatic heterocycles. The van der Waals surface area contributed by atoms with Crippen LogP contribution in [0.25, 0.3) is 32.8 Å². The van der Waals surface area contributed by atoms with E-state index >= 15 is 4.39 Å². The fourth-order valence-corrected chi connectivity index (χ4v) is 6.36. The summed E-state index contributed by atoms with van der Waals surface area (Å²) in [5, 5.41) is 16.3. The van der Waals surface area contributed by atoms with Gasteiger partial charge in [0.2, 0.25) is 5.91 Å². The average molecular weight is 528 g/mol. The predicted octanol–water partition coefficient (Wildman–Crippen LogP) is 4.23. The number of carbonyl (C=O) groups excluding carboxylic acids is 1. The van der Waals surface area contributed by atoms with Crippen LogP contribution in [0.2, 0.25) is 0 Å². The third-order valence-electron chi connectivity index (χ3n) is 8.46. The third-order valence-corrected chi connectivity index (χ3v) is 8.46. The molecule has 7 rings (SSSR count). The van der Waals surface area contributed by atoms with E-state index in [1.54, 1.807) is 30.1 Å². The van der Waals surface area contributed by atoms with E-state index in [0.717, 1.165) is 36.7 Å². The molecular weight excluding hydrogens is 497 g/mol. The number of nitrogens with one attached hydrogen (secondary N) is 1. The lowest BCUT2D eigenvalue weighted by Gasteiger charge is -2.34. The number of likely N-dealkylation sites (N-methyl/N-ethyl adjacent to an activating group) is 1. The molecule has 200 valence electrons. The molecule has 1 amide bonds. The summed E-state index contributed by atoms with van der Waals surface area (Å²) in [6.07, 6.45) is 3.42. The van der Waals surface area contributed by atoms with Crippen LogP contribution in [0.4, 0.5) is 10.2 Å². The van der Waals surface area contributed by atoms with Gasteiger partial charge >= 0.3 is 6.01 Å². The maximum absolute atomic E-state index is 16.5. The van der Waals surface area contributed by atoms with Gasteiger partial charge in [-0.3, -0.25) is 4.79 Å². The van der Waals surface area contributed by atoms with Crippen molar-refractivity contribution in [1.29, 1.82) is 0 Å². The van der Waals surface area contributed by atoms with Crippen molar-refractivity contribution in [2.45, 2.75) is 43.8 Å². The number of piperazine rings is 1. The van der Waals surface area contributed by atoms with E-state index in [-0.39, 0.29) is 35.8 Å². The number of aromatic hydroxyl groups is 1. The lowest BCUT2D eigenvalue weighted by Crippen LogP contribution is -2.51. The molecule has 2 bridgehead atoms. The number of nitrogens with zero attached hydrogens (tertiary/aromatic N) is 4. The first-order valence-electron chi connectivity index (χ1n) is 13.6. The number of hydrogen-bond donors (Lipinski definition) is 2. The van der Waals surface area contributed by atoms with Crippen LogP contribution in [0.15, 0.2) is 48.5 Å². The minimum absolute atomic E-state index is 0.0647. The van der Waals surface area contributed by atoms with Gasteiger partial charge < -0.3 is 25.0 Å². The molecule has 3 aliphatic heterocycles. The summed E-state index contributed by atoms with van der Waals surface area (Å²) in [5.74, 6) is 0.342. The maximum Gasteiger partial charge on any atom is 0.319 e. The van der Waals surface area contributed by atoms with Crippen LogP contribution < -0.4 is 15.0 Å². The Morgan fingerprint density at radius 2 is 1.82 bits per heavy atom. The highest BCUT2D eigenvalue weighted by Gasteiger charge is 2.34. The minimum Gasteiger partial charge on any atom is -0.508 e. The number of amides is 1. The monoisotopic (exact) mass is 527 g/mol. The van der Waals surface area contributed by atoms with Crippen LogP contribution in [0.1, 0.15) is 25.7 Å². The van der Waals surface area contributed by atoms with Crippen LogP contribution in [-0.2, 0) is 4.79 Å². The van der Waals surface area contributed by atoms with E-state index in [1.165, 1.54) is 0 Å². The van der Waals surface area contributed by atoms with Crippen molar-refractivity contribution in [1.82, 2.24) is 20.2 Å². The number of phenols is 1. The van der Waals surface area contributed by atoms with Crippen molar-refractivity contribution in [2.75, 3.05) is 31.6 Å². The summed E-state index contributed by atoms with van der Waals surface area (Å²) in [6, 6.07) is 15.3. The Morgan fingerprint density at radius 1 is 1.03 bits per heavy atom. The lowest BCUT2D eigenvalue weighted by atomic mass is 9.96. The van der Waals surface area contributed by atoms with Gasteiger partial charge in [0.1, 0.15) is 23.7 Å². The topological polar surface area (TPSA) is 90.8 Å². The predicted molar refractivity (Wildman–Crippen MR) is 148 cm³/mol. The standard InChI is InChI=1S/C30H30FN5O3/c1-35-20(8-11-26(35)38)16-39-30-33-28-24(29(34-30)36-14-18-6-7-19(15-36)32-18)10-9-23(27(28)31)25-13-21(37)12-17-4-2-3-5-22(17)25/h2-5,9-10,12-13,18-20,32,37H,6-8,11,14-16H2,1H3/t18-,19+,20?. The Morgan fingerprint density at radius 3 is 2.59 bits per heavy atom. The second-order valence-electron chi connectivity index (χ2n) is 10.9. The Kier molecular flexibility index (Phi) is 5.77. The molecule has 3 fully saturated rings. The number of rotatable bonds is 5. The molecule has 3 atom stereocenters. The molecule has 39 heavy (non-hydrogen) atoms. The Balaban J connectivity index is 1.35. The van der Waals surface area contributed by atoms with Crippen molar-refractivity contribution >= 4 is 33.4 Å². The van der Waals surface area contributed by atoms with E-state index in [9.17, 15) is 9.90 Å². The molecule has 0 saturated carbocycles. The number of fused-ring (bicyclic) bond motifs is 4. The summed E-state index contributed by atoms with van der Waals surface area (Å²) in [6.45, 7) is 1.81. The smallest absolute Gasteiger partial charge is 0.319 e. The van der Waals surface area contributed by atoms with Gasteiger partial charge in [-0.15, -0.1) is 0 Å². The molecule has 8 nitrogen and oxygen atoms in total. The second-order valence-corrected chi connectivity index (χ2v) is 10.9. The summed E-state index contributed by atoms with van der Waals surface area (Å²) >= 11 is 0. The highest BCUT2D eigenvalue weighted by atomic mass is 19.1. The van der Waals surface area contributed by atoms with Gasteiger partial charge in [0.25, 0.3) is 0 Å². The van der Waals surface area contributed by atoms with Crippen molar-refractivity contribution in [2.24, 2.45) is 0 Å². The molecule has 9 heteroatoms. The van der Waals surface area contributed by atoms with Gasteiger partial charge in [0, 0.05) is 49.6 Å².